The second-order valence-electron chi connectivity index (χ2n) is 10.7. The molecule has 0 unspecified atom stereocenters. The average molecular weight is 528 g/mol. The number of anilines is 1. The summed E-state index contributed by atoms with van der Waals surface area (Å²) in [4.78, 5) is 29.7. The van der Waals surface area contributed by atoms with E-state index in [0.717, 1.165) is 6.54 Å². The smallest absolute Gasteiger partial charge is 0.389 e. The second-order valence-corrected chi connectivity index (χ2v) is 10.7. The predicted molar refractivity (Wildman–Crippen MR) is 136 cm³/mol. The Hall–Kier alpha value is -2.33. The number of aliphatic hydroxyl groups is 1. The summed E-state index contributed by atoms with van der Waals surface area (Å²) >= 11 is 0. The molecule has 0 saturated heterocycles. The normalized spacial score (nSPS) is 22.2. The Labute approximate surface area is 217 Å². The number of carbonyl (C=O) groups excluding carboxylic acids is 2. The van der Waals surface area contributed by atoms with Gasteiger partial charge in [0.1, 0.15) is 6.10 Å². The van der Waals surface area contributed by atoms with Crippen molar-refractivity contribution >= 4 is 17.5 Å². The minimum atomic E-state index is -4.44. The van der Waals surface area contributed by atoms with E-state index in [1.807, 2.05) is 6.92 Å². The lowest BCUT2D eigenvalue weighted by Crippen LogP contribution is -2.50. The number of likely N-dealkylation sites (N-methyl/N-ethyl adjacent to an activating group) is 1. The van der Waals surface area contributed by atoms with Crippen LogP contribution >= 0.6 is 0 Å². The lowest BCUT2D eigenvalue weighted by molar-refractivity contribution is -0.142. The summed E-state index contributed by atoms with van der Waals surface area (Å²) in [6.45, 7) is 5.44. The Bertz CT molecular complexity index is 921. The van der Waals surface area contributed by atoms with E-state index < -0.39 is 31.0 Å². The summed E-state index contributed by atoms with van der Waals surface area (Å²) in [6, 6.07) is 4.24. The van der Waals surface area contributed by atoms with Gasteiger partial charge in [0, 0.05) is 32.0 Å². The van der Waals surface area contributed by atoms with Crippen LogP contribution in [0.4, 0.5) is 18.9 Å². The van der Waals surface area contributed by atoms with Gasteiger partial charge >= 0.3 is 6.18 Å². The zero-order chi connectivity index (χ0) is 27.2. The second kappa shape index (κ2) is 13.0. The predicted octanol–water partition coefficient (Wildman–Crippen LogP) is 4.70. The Kier molecular flexibility index (Phi) is 10.2. The van der Waals surface area contributed by atoms with Crippen molar-refractivity contribution in [1.29, 1.82) is 0 Å². The van der Waals surface area contributed by atoms with E-state index in [1.165, 1.54) is 38.2 Å². The molecule has 10 heteroatoms. The van der Waals surface area contributed by atoms with Crippen molar-refractivity contribution in [2.24, 2.45) is 11.8 Å². The van der Waals surface area contributed by atoms with Crippen molar-refractivity contribution in [3.63, 3.8) is 0 Å². The number of nitrogens with one attached hydrogen (secondary N) is 1. The molecule has 2 amide bonds. The van der Waals surface area contributed by atoms with Crippen molar-refractivity contribution in [3.8, 4) is 5.75 Å². The molecular formula is C27H40F3N3O4. The van der Waals surface area contributed by atoms with Crippen LogP contribution in [0.2, 0.25) is 0 Å². The number of ether oxygens (including phenoxy) is 1. The van der Waals surface area contributed by atoms with Gasteiger partial charge in [-0.05, 0) is 44.9 Å². The molecule has 0 spiro atoms. The van der Waals surface area contributed by atoms with Crippen molar-refractivity contribution in [2.75, 3.05) is 38.6 Å². The van der Waals surface area contributed by atoms with E-state index in [0.29, 0.717) is 19.0 Å². The lowest BCUT2D eigenvalue weighted by Gasteiger charge is -2.39. The summed E-state index contributed by atoms with van der Waals surface area (Å²) in [6.07, 6.45) is -0.561. The Balaban J connectivity index is 1.88. The molecule has 1 aliphatic carbocycles. The van der Waals surface area contributed by atoms with Crippen LogP contribution in [0.15, 0.2) is 18.2 Å². The first-order valence-electron chi connectivity index (χ1n) is 13.2. The summed E-state index contributed by atoms with van der Waals surface area (Å²) in [5.41, 5.74) is 0.379. The third kappa shape index (κ3) is 8.33. The highest BCUT2D eigenvalue weighted by atomic mass is 19.4. The zero-order valence-electron chi connectivity index (χ0n) is 22.0. The summed E-state index contributed by atoms with van der Waals surface area (Å²) in [5.74, 6) is -0.474. The van der Waals surface area contributed by atoms with Crippen molar-refractivity contribution in [2.45, 2.75) is 77.1 Å². The molecule has 0 radical (unpaired) electrons. The fraction of sp³-hybridized carbons (Fsp3) is 0.704. The molecule has 37 heavy (non-hydrogen) atoms. The largest absolute Gasteiger partial charge is 0.486 e. The molecule has 7 nitrogen and oxygen atoms in total. The summed E-state index contributed by atoms with van der Waals surface area (Å²) < 4.78 is 44.3. The van der Waals surface area contributed by atoms with Gasteiger partial charge in [0.25, 0.3) is 5.91 Å². The number of alkyl halides is 3. The number of carbonyl (C=O) groups is 2. The number of nitrogens with zero attached hydrogens (tertiary/aromatic N) is 2. The zero-order valence-corrected chi connectivity index (χ0v) is 22.0. The van der Waals surface area contributed by atoms with Crippen LogP contribution in [0.1, 0.15) is 69.2 Å². The molecule has 0 aromatic heterocycles. The van der Waals surface area contributed by atoms with Gasteiger partial charge in [-0.15, -0.1) is 0 Å². The Morgan fingerprint density at radius 1 is 1.24 bits per heavy atom. The number of hydrogen-bond acceptors (Lipinski definition) is 5. The van der Waals surface area contributed by atoms with E-state index in [-0.39, 0.29) is 41.5 Å². The van der Waals surface area contributed by atoms with Crippen LogP contribution in [0, 0.1) is 11.8 Å². The quantitative estimate of drug-likeness (QED) is 0.487. The van der Waals surface area contributed by atoms with E-state index in [4.69, 9.17) is 4.74 Å². The van der Waals surface area contributed by atoms with E-state index in [1.54, 1.807) is 24.0 Å². The molecule has 1 aliphatic heterocycles. The minimum absolute atomic E-state index is 0.103. The van der Waals surface area contributed by atoms with Gasteiger partial charge in [-0.25, -0.2) is 0 Å². The van der Waals surface area contributed by atoms with Crippen molar-refractivity contribution in [1.82, 2.24) is 9.80 Å². The maximum Gasteiger partial charge on any atom is 0.389 e. The highest BCUT2D eigenvalue weighted by molar-refractivity contribution is 6.01. The molecule has 2 aliphatic rings. The van der Waals surface area contributed by atoms with E-state index >= 15 is 0 Å². The first-order valence-corrected chi connectivity index (χ1v) is 13.2. The fourth-order valence-corrected chi connectivity index (χ4v) is 5.22. The third-order valence-corrected chi connectivity index (χ3v) is 7.39. The number of rotatable bonds is 9. The van der Waals surface area contributed by atoms with Crippen molar-refractivity contribution < 1.29 is 32.6 Å². The molecule has 1 saturated carbocycles. The number of fused-ring (bicyclic) bond motifs is 1. The highest BCUT2D eigenvalue weighted by Crippen LogP contribution is 2.35. The SMILES string of the molecule is C[C@H](CO)N1C[C@H](C)[C@@H](CN(C)CC2CCCCC2)Oc2c(NC(=O)CCC(F)(F)F)cccc2C1=O. The molecule has 3 atom stereocenters. The molecule has 1 fully saturated rings. The van der Waals surface area contributed by atoms with Gasteiger partial charge in [-0.1, -0.05) is 32.3 Å². The summed E-state index contributed by atoms with van der Waals surface area (Å²) in [5, 5.41) is 12.3. The molecule has 208 valence electrons. The van der Waals surface area contributed by atoms with E-state index in [2.05, 4.69) is 17.3 Å². The van der Waals surface area contributed by atoms with Gasteiger partial charge in [0.15, 0.2) is 5.75 Å². The molecule has 1 heterocycles. The van der Waals surface area contributed by atoms with Crippen LogP contribution < -0.4 is 10.1 Å². The maximum absolute atomic E-state index is 13.5. The molecule has 1 aromatic rings. The first-order chi connectivity index (χ1) is 17.5. The van der Waals surface area contributed by atoms with Gasteiger partial charge < -0.3 is 25.0 Å². The van der Waals surface area contributed by atoms with Crippen LogP contribution in [-0.2, 0) is 4.79 Å². The molecule has 0 bridgehead atoms. The number of para-hydroxylation sites is 1. The van der Waals surface area contributed by atoms with Crippen LogP contribution in [-0.4, -0.2) is 78.3 Å². The monoisotopic (exact) mass is 527 g/mol. The summed E-state index contributed by atoms with van der Waals surface area (Å²) in [7, 11) is 2.05. The van der Waals surface area contributed by atoms with Crippen LogP contribution in [0.3, 0.4) is 0 Å². The van der Waals surface area contributed by atoms with Crippen LogP contribution in [0.25, 0.3) is 0 Å². The van der Waals surface area contributed by atoms with Gasteiger partial charge in [-0.3, -0.25) is 9.59 Å². The Morgan fingerprint density at radius 3 is 2.59 bits per heavy atom. The Morgan fingerprint density at radius 2 is 1.95 bits per heavy atom. The number of hydrogen-bond donors (Lipinski definition) is 2. The van der Waals surface area contributed by atoms with Crippen LogP contribution in [0.5, 0.6) is 5.75 Å². The number of halogens is 3. The van der Waals surface area contributed by atoms with Gasteiger partial charge in [0.05, 0.1) is 30.3 Å². The molecular weight excluding hydrogens is 487 g/mol. The van der Waals surface area contributed by atoms with Crippen molar-refractivity contribution in [3.05, 3.63) is 23.8 Å². The maximum atomic E-state index is 13.5. The third-order valence-electron chi connectivity index (χ3n) is 7.39. The first kappa shape index (κ1) is 29.2. The average Bonchev–Trinajstić information content (AvgIpc) is 2.85. The minimum Gasteiger partial charge on any atom is -0.486 e. The molecule has 1 aromatic carbocycles. The topological polar surface area (TPSA) is 82.1 Å². The number of aliphatic hydroxyl groups excluding tert-OH is 1. The highest BCUT2D eigenvalue weighted by Gasteiger charge is 2.35. The van der Waals surface area contributed by atoms with E-state index in [9.17, 15) is 27.9 Å². The van der Waals surface area contributed by atoms with Gasteiger partial charge in [0.2, 0.25) is 5.91 Å². The lowest BCUT2D eigenvalue weighted by atomic mass is 9.89. The fourth-order valence-electron chi connectivity index (χ4n) is 5.22. The van der Waals surface area contributed by atoms with Gasteiger partial charge in [-0.2, -0.15) is 13.2 Å². The number of amides is 2. The molecule has 2 N–H and O–H groups in total. The number of benzene rings is 1. The standard InChI is InChI=1S/C27H40F3N3O4/c1-18-14-33(19(2)17-34)26(36)21-10-7-11-22(31-24(35)12-13-27(28,29)30)25(21)37-23(18)16-32(3)15-20-8-5-4-6-9-20/h7,10-11,18-20,23,34H,4-6,8-9,12-17H2,1-3H3,(H,31,35)/t18-,19+,23+/m0/s1. The molecule has 3 rings (SSSR count).